The maximum absolute atomic E-state index is 5.44. The second kappa shape index (κ2) is 35.1. The van der Waals surface area contributed by atoms with Crippen molar-refractivity contribution in [3.63, 3.8) is 0 Å². The molecule has 25 heavy (non-hydrogen) atoms. The van der Waals surface area contributed by atoms with Gasteiger partial charge in [0.25, 0.3) is 0 Å². The van der Waals surface area contributed by atoms with Gasteiger partial charge < -0.3 is 34.7 Å². The Morgan fingerprint density at radius 1 is 0.960 bits per heavy atom. The molecule has 0 unspecified atom stereocenters. The smallest absolute Gasteiger partial charge is 0 e. The maximum Gasteiger partial charge on any atom is 0 e. The monoisotopic (exact) mass is 931 g/mol. The van der Waals surface area contributed by atoms with E-state index in [9.17, 15) is 0 Å². The summed E-state index contributed by atoms with van der Waals surface area (Å²) in [6.45, 7) is 20.8. The van der Waals surface area contributed by atoms with E-state index >= 15 is 0 Å². The summed E-state index contributed by atoms with van der Waals surface area (Å²) in [5, 5.41) is 0. The van der Waals surface area contributed by atoms with Crippen LogP contribution in [-0.2, 0) is 262 Å². The van der Waals surface area contributed by atoms with Crippen molar-refractivity contribution in [1.82, 2.24) is 0 Å². The van der Waals surface area contributed by atoms with Gasteiger partial charge in [-0.3, -0.25) is 22.6 Å². The molecule has 0 bridgehead atoms. The number of rotatable bonds is 6. The van der Waals surface area contributed by atoms with Crippen LogP contribution in [0.1, 0.15) is 6.42 Å². The van der Waals surface area contributed by atoms with Crippen LogP contribution >= 0.6 is 0 Å². The molecular weight excluding hydrogens is 923 g/mol. The molecule has 1 aliphatic heterocycles. The van der Waals surface area contributed by atoms with Crippen molar-refractivity contribution in [2.45, 2.75) is 6.42 Å². The summed E-state index contributed by atoms with van der Waals surface area (Å²) >= 11 is 0. The zero-order chi connectivity index (χ0) is 12.7. The topological polar surface area (TPSA) is 49.4 Å². The first kappa shape index (κ1) is 53.0. The molecule has 0 aliphatic carbocycles. The Balaban J connectivity index is -0.0000000602. The summed E-state index contributed by atoms with van der Waals surface area (Å²) in [5.41, 5.74) is 1.06. The third-order valence-electron chi connectivity index (χ3n) is 1.70. The van der Waals surface area contributed by atoms with Crippen LogP contribution in [0.25, 0.3) is 0 Å². The van der Waals surface area contributed by atoms with Gasteiger partial charge in [0, 0.05) is 262 Å². The second-order valence-electron chi connectivity index (χ2n) is 2.87. The molecule has 0 atom stereocenters. The molecule has 0 amide bonds. The first-order valence-electron chi connectivity index (χ1n) is 4.57. The van der Waals surface area contributed by atoms with Crippen LogP contribution in [0.3, 0.4) is 0 Å². The minimum atomic E-state index is -0.0601. The molecule has 8 radical (unpaired) electrons. The Hall–Kier alpha value is 6.47. The summed E-state index contributed by atoms with van der Waals surface area (Å²) < 4.78 is 0. The Labute approximate surface area is 352 Å². The van der Waals surface area contributed by atoms with Crippen LogP contribution in [0.4, 0.5) is 0 Å². The van der Waals surface area contributed by atoms with Gasteiger partial charge in [-0.05, 0) is 11.4 Å². The number of hydrogen-bond acceptors (Lipinski definition) is 4. The fraction of sp³-hybridized carbons (Fsp3) is 0.0769. The minimum Gasteiger partial charge on any atom is -0.566 e. The van der Waals surface area contributed by atoms with Crippen molar-refractivity contribution in [3.8, 4) is 0 Å². The molecule has 1 aliphatic rings. The van der Waals surface area contributed by atoms with Gasteiger partial charge >= 0.3 is 0 Å². The molecule has 1 rings (SSSR count). The van der Waals surface area contributed by atoms with Gasteiger partial charge in [-0.25, -0.2) is 0 Å². The SMILES string of the molecule is [CH-]=CN=[C-]C1=CCC([C-]=NC(=[CH-])C(=[CH-])N=[CH-])=N1.[Y].[Y].[Y].[Y].[Y].[Y].[Y].[Y]. The number of hydrogen-bond donors (Lipinski definition) is 0. The third-order valence-corrected chi connectivity index (χ3v) is 1.70. The number of aliphatic imine (C=N–C) groups is 4. The molecule has 0 saturated carbocycles. The summed E-state index contributed by atoms with van der Waals surface area (Å²) in [6.07, 6.45) is 8.71. The molecule has 0 aromatic rings. The third kappa shape index (κ3) is 26.6. The van der Waals surface area contributed by atoms with E-state index in [-0.39, 0.29) is 273 Å². The molecule has 0 saturated heterocycles. The summed E-state index contributed by atoms with van der Waals surface area (Å²) in [7, 11) is 0. The average molecular weight is 931 g/mol. The predicted molar refractivity (Wildman–Crippen MR) is 68.0 cm³/mol. The van der Waals surface area contributed by atoms with Gasteiger partial charge in [-0.15, -0.1) is 12.3 Å². The largest absolute Gasteiger partial charge is 0.566 e. The van der Waals surface area contributed by atoms with E-state index in [1.165, 1.54) is 0 Å². The molecule has 0 N–H and O–H groups in total. The van der Waals surface area contributed by atoms with Crippen LogP contribution in [-0.4, -0.2) is 24.9 Å². The van der Waals surface area contributed by atoms with Crippen molar-refractivity contribution in [2.75, 3.05) is 0 Å². The molecule has 1 heterocycles. The van der Waals surface area contributed by atoms with Gasteiger partial charge in [0.2, 0.25) is 0 Å². The Bertz CT molecular complexity index is 498. The van der Waals surface area contributed by atoms with Gasteiger partial charge in [0.15, 0.2) is 0 Å². The van der Waals surface area contributed by atoms with E-state index in [1.54, 1.807) is 6.08 Å². The van der Waals surface area contributed by atoms with Gasteiger partial charge in [0.05, 0.1) is 0 Å². The molecule has 12 heteroatoms. The van der Waals surface area contributed by atoms with E-state index in [2.05, 4.69) is 32.4 Å². The Morgan fingerprint density at radius 2 is 1.48 bits per heavy atom. The zero-order valence-corrected chi connectivity index (χ0v) is 36.3. The first-order valence-corrected chi connectivity index (χ1v) is 4.57. The van der Waals surface area contributed by atoms with E-state index in [1.807, 2.05) is 0 Å². The minimum absolute atomic E-state index is 0. The van der Waals surface area contributed by atoms with Crippen LogP contribution in [0.2, 0.25) is 0 Å². The van der Waals surface area contributed by atoms with Gasteiger partial charge in [-0.2, -0.15) is 6.72 Å². The van der Waals surface area contributed by atoms with Crippen LogP contribution in [0.15, 0.2) is 49.3 Å². The fourth-order valence-electron chi connectivity index (χ4n) is 0.923. The molecule has 4 nitrogen and oxygen atoms in total. The molecule has 0 fully saturated rings. The summed E-state index contributed by atoms with van der Waals surface area (Å²) in [5.74, 6) is 0. The second-order valence-corrected chi connectivity index (χ2v) is 2.87. The Morgan fingerprint density at radius 3 is 1.92 bits per heavy atom. The van der Waals surface area contributed by atoms with Crippen molar-refractivity contribution >= 4 is 24.9 Å². The summed E-state index contributed by atoms with van der Waals surface area (Å²) in [4.78, 5) is 14.6. The molecule has 0 spiro atoms. The van der Waals surface area contributed by atoms with Crippen LogP contribution in [0.5, 0.6) is 0 Å². The predicted octanol–water partition coefficient (Wildman–Crippen LogP) is 1.75. The standard InChI is InChI=1S/C13H8N4.8Y/c1-5-15-8-12-6-7-13(17-12)9-16-11(3)10(2)14-4;;;;;;;;/h1-6H,7H2;;;;;;;;/q-6;;;;;;;;. The van der Waals surface area contributed by atoms with Crippen LogP contribution in [0, 0.1) is 19.7 Å². The molecule has 110 valence electrons. The molecule has 0 aromatic heterocycles. The van der Waals surface area contributed by atoms with Crippen LogP contribution < -0.4 is 0 Å². The van der Waals surface area contributed by atoms with Crippen molar-refractivity contribution < 1.29 is 262 Å². The van der Waals surface area contributed by atoms with Crippen molar-refractivity contribution in [3.05, 3.63) is 49.1 Å². The normalized spacial score (nSPS) is 10.1. The quantitative estimate of drug-likeness (QED) is 0.222. The van der Waals surface area contributed by atoms with E-state index in [0.29, 0.717) is 17.8 Å². The zero-order valence-electron chi connectivity index (χ0n) is 13.6. The Kier molecular flexibility index (Phi) is 74.4. The van der Waals surface area contributed by atoms with E-state index < -0.39 is 0 Å². The van der Waals surface area contributed by atoms with Gasteiger partial charge in [0.1, 0.15) is 0 Å². The summed E-state index contributed by atoms with van der Waals surface area (Å²) in [6, 6.07) is 0. The van der Waals surface area contributed by atoms with Gasteiger partial charge in [-0.1, -0.05) is 12.6 Å². The number of allylic oxidation sites excluding steroid dienone is 2. The fourth-order valence-corrected chi connectivity index (χ4v) is 0.923. The van der Waals surface area contributed by atoms with E-state index in [4.69, 9.17) is 26.5 Å². The molecule has 0 aromatic carbocycles. The van der Waals surface area contributed by atoms with Crippen molar-refractivity contribution in [1.29, 1.82) is 0 Å². The number of nitrogens with zero attached hydrogens (tertiary/aromatic N) is 4. The van der Waals surface area contributed by atoms with Crippen molar-refractivity contribution in [2.24, 2.45) is 20.0 Å². The average Bonchev–Trinajstić information content (AvgIpc) is 2.80. The molecular formula is C13H8N4Y8-6. The first-order chi connectivity index (χ1) is 8.17. The maximum atomic E-state index is 5.44. The van der Waals surface area contributed by atoms with E-state index in [0.717, 1.165) is 6.20 Å².